The van der Waals surface area contributed by atoms with Gasteiger partial charge in [0.05, 0.1) is 0 Å². The summed E-state index contributed by atoms with van der Waals surface area (Å²) in [6, 6.07) is 18.4. The Kier molecular flexibility index (Phi) is 5.23. The molecule has 2 aromatic carbocycles. The molecule has 132 valence electrons. The Bertz CT molecular complexity index is 712. The molecule has 0 spiro atoms. The van der Waals surface area contributed by atoms with Gasteiger partial charge in [0, 0.05) is 45.5 Å². The van der Waals surface area contributed by atoms with E-state index < -0.39 is 0 Å². The summed E-state index contributed by atoms with van der Waals surface area (Å²) in [4.78, 5) is 5.28. The smallest absolute Gasteiger partial charge is 0.0335 e. The van der Waals surface area contributed by atoms with Gasteiger partial charge in [-0.2, -0.15) is 0 Å². The molecule has 4 rings (SSSR count). The molecule has 4 heteroatoms. The van der Waals surface area contributed by atoms with E-state index in [-0.39, 0.29) is 0 Å². The number of halogens is 1. The Hall–Kier alpha value is -0.810. The van der Waals surface area contributed by atoms with Gasteiger partial charge < -0.3 is 5.32 Å². The van der Waals surface area contributed by atoms with Gasteiger partial charge in [-0.25, -0.2) is 0 Å². The first-order valence-corrected chi connectivity index (χ1v) is 10.8. The fourth-order valence-electron chi connectivity index (χ4n) is 4.23. The van der Waals surface area contributed by atoms with Crippen molar-refractivity contribution in [1.82, 2.24) is 10.2 Å². The van der Waals surface area contributed by atoms with Gasteiger partial charge in [0.1, 0.15) is 0 Å². The molecular weight excluding hydrogens is 392 g/mol. The predicted octanol–water partition coefficient (Wildman–Crippen LogP) is 5.32. The zero-order valence-electron chi connectivity index (χ0n) is 14.7. The predicted molar refractivity (Wildman–Crippen MR) is 109 cm³/mol. The van der Waals surface area contributed by atoms with Crippen molar-refractivity contribution >= 4 is 27.7 Å². The van der Waals surface area contributed by atoms with Gasteiger partial charge in [-0.3, -0.25) is 4.90 Å². The SMILES string of the molecule is CCC12CCC1N(Cc1ccc(Sc3ccc(Br)cc3)cc1)CCN2. The fraction of sp³-hybridized carbons (Fsp3) is 0.429. The van der Waals surface area contributed by atoms with Crippen molar-refractivity contribution in [2.45, 2.75) is 54.1 Å². The molecule has 1 saturated heterocycles. The largest absolute Gasteiger partial charge is 0.308 e. The van der Waals surface area contributed by atoms with Crippen LogP contribution in [-0.2, 0) is 6.54 Å². The molecule has 1 heterocycles. The van der Waals surface area contributed by atoms with E-state index >= 15 is 0 Å². The van der Waals surface area contributed by atoms with Crippen LogP contribution in [0.4, 0.5) is 0 Å². The van der Waals surface area contributed by atoms with Crippen molar-refractivity contribution < 1.29 is 0 Å². The first kappa shape index (κ1) is 17.6. The Morgan fingerprint density at radius 1 is 1.12 bits per heavy atom. The molecule has 1 aliphatic heterocycles. The molecule has 2 fully saturated rings. The summed E-state index contributed by atoms with van der Waals surface area (Å²) in [7, 11) is 0. The van der Waals surface area contributed by atoms with Crippen molar-refractivity contribution in [3.63, 3.8) is 0 Å². The highest BCUT2D eigenvalue weighted by Gasteiger charge is 2.49. The molecule has 0 bridgehead atoms. The van der Waals surface area contributed by atoms with Crippen LogP contribution in [0.15, 0.2) is 62.8 Å². The Balaban J connectivity index is 1.40. The summed E-state index contributed by atoms with van der Waals surface area (Å²) in [5.41, 5.74) is 1.83. The summed E-state index contributed by atoms with van der Waals surface area (Å²) in [6.45, 7) is 5.71. The number of benzene rings is 2. The molecule has 1 aliphatic carbocycles. The van der Waals surface area contributed by atoms with Gasteiger partial charge in [-0.05, 0) is 61.2 Å². The molecule has 0 radical (unpaired) electrons. The highest BCUT2D eigenvalue weighted by molar-refractivity contribution is 9.10. The second kappa shape index (κ2) is 7.43. The lowest BCUT2D eigenvalue weighted by Gasteiger charge is -2.58. The topological polar surface area (TPSA) is 15.3 Å². The Labute approximate surface area is 163 Å². The lowest BCUT2D eigenvalue weighted by molar-refractivity contribution is -0.0275. The van der Waals surface area contributed by atoms with E-state index in [2.05, 4.69) is 81.6 Å². The normalized spacial score (nSPS) is 26.1. The molecular formula is C21H25BrN2S. The summed E-state index contributed by atoms with van der Waals surface area (Å²) >= 11 is 5.31. The lowest BCUT2D eigenvalue weighted by Crippen LogP contribution is -2.71. The monoisotopic (exact) mass is 416 g/mol. The van der Waals surface area contributed by atoms with Crippen molar-refractivity contribution in [1.29, 1.82) is 0 Å². The van der Waals surface area contributed by atoms with Crippen LogP contribution in [0.5, 0.6) is 0 Å². The molecule has 1 saturated carbocycles. The highest BCUT2D eigenvalue weighted by Crippen LogP contribution is 2.41. The van der Waals surface area contributed by atoms with E-state index in [0.717, 1.165) is 23.6 Å². The van der Waals surface area contributed by atoms with Crippen LogP contribution in [-0.4, -0.2) is 29.6 Å². The van der Waals surface area contributed by atoms with Crippen LogP contribution in [0.2, 0.25) is 0 Å². The van der Waals surface area contributed by atoms with Crippen molar-refractivity contribution in [2.24, 2.45) is 0 Å². The number of rotatable bonds is 5. The van der Waals surface area contributed by atoms with Crippen LogP contribution in [0.25, 0.3) is 0 Å². The molecule has 2 unspecified atom stereocenters. The van der Waals surface area contributed by atoms with Gasteiger partial charge in [-0.1, -0.05) is 46.7 Å². The summed E-state index contributed by atoms with van der Waals surface area (Å²) < 4.78 is 1.13. The molecule has 1 N–H and O–H groups in total. The Morgan fingerprint density at radius 3 is 2.40 bits per heavy atom. The van der Waals surface area contributed by atoms with Gasteiger partial charge in [0.15, 0.2) is 0 Å². The number of nitrogens with zero attached hydrogens (tertiary/aromatic N) is 1. The fourth-order valence-corrected chi connectivity index (χ4v) is 5.31. The first-order valence-electron chi connectivity index (χ1n) is 9.20. The summed E-state index contributed by atoms with van der Waals surface area (Å²) in [6.07, 6.45) is 3.93. The van der Waals surface area contributed by atoms with Crippen LogP contribution in [0.1, 0.15) is 31.7 Å². The summed E-state index contributed by atoms with van der Waals surface area (Å²) in [5, 5.41) is 3.79. The second-order valence-corrected chi connectivity index (χ2v) is 9.22. The average Bonchev–Trinajstić information content (AvgIpc) is 2.60. The van der Waals surface area contributed by atoms with E-state index in [1.807, 2.05) is 11.8 Å². The minimum atomic E-state index is 0.398. The summed E-state index contributed by atoms with van der Waals surface area (Å²) in [5.74, 6) is 0. The van der Waals surface area contributed by atoms with E-state index in [9.17, 15) is 0 Å². The number of piperazine rings is 1. The first-order chi connectivity index (χ1) is 12.2. The molecule has 2 aromatic rings. The van der Waals surface area contributed by atoms with Gasteiger partial charge >= 0.3 is 0 Å². The quantitative estimate of drug-likeness (QED) is 0.709. The molecule has 0 amide bonds. The van der Waals surface area contributed by atoms with Gasteiger partial charge in [-0.15, -0.1) is 0 Å². The van der Waals surface area contributed by atoms with Crippen molar-refractivity contribution in [2.75, 3.05) is 13.1 Å². The zero-order valence-corrected chi connectivity index (χ0v) is 17.1. The third-order valence-corrected chi connectivity index (χ3v) is 7.35. The van der Waals surface area contributed by atoms with Crippen LogP contribution in [0.3, 0.4) is 0 Å². The molecule has 2 aliphatic rings. The standard InChI is InChI=1S/C21H25BrN2S/c1-2-21-12-11-20(21)24(14-13-23-21)15-16-3-7-18(8-4-16)25-19-9-5-17(22)6-10-19/h3-10,20,23H,2,11-15H2,1H3. The molecule has 0 aromatic heterocycles. The number of hydrogen-bond acceptors (Lipinski definition) is 3. The maximum atomic E-state index is 3.79. The van der Waals surface area contributed by atoms with E-state index in [0.29, 0.717) is 5.54 Å². The van der Waals surface area contributed by atoms with E-state index in [1.165, 1.54) is 41.2 Å². The minimum absolute atomic E-state index is 0.398. The number of nitrogens with one attached hydrogen (secondary N) is 1. The molecule has 2 atom stereocenters. The van der Waals surface area contributed by atoms with Crippen LogP contribution in [0, 0.1) is 0 Å². The maximum Gasteiger partial charge on any atom is 0.0335 e. The Morgan fingerprint density at radius 2 is 1.80 bits per heavy atom. The molecule has 2 nitrogen and oxygen atoms in total. The number of hydrogen-bond donors (Lipinski definition) is 1. The second-order valence-electron chi connectivity index (χ2n) is 7.16. The van der Waals surface area contributed by atoms with E-state index in [1.54, 1.807) is 0 Å². The van der Waals surface area contributed by atoms with Crippen LogP contribution >= 0.6 is 27.7 Å². The number of fused-ring (bicyclic) bond motifs is 1. The highest BCUT2D eigenvalue weighted by atomic mass is 79.9. The maximum absolute atomic E-state index is 3.79. The third kappa shape index (κ3) is 3.68. The van der Waals surface area contributed by atoms with Crippen LogP contribution < -0.4 is 5.32 Å². The van der Waals surface area contributed by atoms with E-state index in [4.69, 9.17) is 0 Å². The van der Waals surface area contributed by atoms with Crippen molar-refractivity contribution in [3.8, 4) is 0 Å². The average molecular weight is 417 g/mol. The van der Waals surface area contributed by atoms with Gasteiger partial charge in [0.2, 0.25) is 0 Å². The third-order valence-electron chi connectivity index (χ3n) is 5.81. The van der Waals surface area contributed by atoms with Gasteiger partial charge in [0.25, 0.3) is 0 Å². The lowest BCUT2D eigenvalue weighted by atomic mass is 9.67. The van der Waals surface area contributed by atoms with Crippen molar-refractivity contribution in [3.05, 3.63) is 58.6 Å². The zero-order chi connectivity index (χ0) is 17.3. The molecule has 25 heavy (non-hydrogen) atoms. The minimum Gasteiger partial charge on any atom is -0.308 e.